The van der Waals surface area contributed by atoms with Crippen molar-refractivity contribution < 1.29 is 4.74 Å². The van der Waals surface area contributed by atoms with Gasteiger partial charge < -0.3 is 15.0 Å². The molecule has 1 aliphatic carbocycles. The highest BCUT2D eigenvalue weighted by Gasteiger charge is 2.25. The van der Waals surface area contributed by atoms with Crippen molar-refractivity contribution in [1.29, 1.82) is 0 Å². The lowest BCUT2D eigenvalue weighted by Crippen LogP contribution is -2.26. The molecule has 0 aliphatic heterocycles. The van der Waals surface area contributed by atoms with Crippen LogP contribution in [-0.4, -0.2) is 47.2 Å². The van der Waals surface area contributed by atoms with Crippen LogP contribution in [0.3, 0.4) is 0 Å². The average Bonchev–Trinajstić information content (AvgIpc) is 3.21. The minimum Gasteiger partial charge on any atom is -0.475 e. The summed E-state index contributed by atoms with van der Waals surface area (Å²) in [6, 6.07) is 1.22. The van der Waals surface area contributed by atoms with E-state index in [1.165, 1.54) is 12.8 Å². The van der Waals surface area contributed by atoms with Crippen molar-refractivity contribution in [2.45, 2.75) is 45.3 Å². The van der Waals surface area contributed by atoms with Crippen LogP contribution in [0.4, 0.5) is 0 Å². The van der Waals surface area contributed by atoms with E-state index in [0.717, 1.165) is 24.8 Å². The first-order valence-corrected chi connectivity index (χ1v) is 7.02. The second-order valence-electron chi connectivity index (χ2n) is 5.44. The molecule has 1 aliphatic rings. The van der Waals surface area contributed by atoms with Crippen LogP contribution < -0.4 is 10.1 Å². The van der Waals surface area contributed by atoms with E-state index in [9.17, 15) is 0 Å². The number of likely N-dealkylation sites (N-methyl/N-ethyl adjacent to an activating group) is 1. The molecule has 106 valence electrons. The predicted octanol–water partition coefficient (Wildman–Crippen LogP) is 1.45. The number of aromatic nitrogens is 2. The van der Waals surface area contributed by atoms with Gasteiger partial charge in [0.25, 0.3) is 0 Å². The maximum Gasteiger partial charge on any atom is 0.232 e. The molecule has 1 aromatic heterocycles. The number of hydrogen-bond acceptors (Lipinski definition) is 5. The average molecular weight is 264 g/mol. The quantitative estimate of drug-likeness (QED) is 0.770. The summed E-state index contributed by atoms with van der Waals surface area (Å²) >= 11 is 0. The molecule has 1 fully saturated rings. The van der Waals surface area contributed by atoms with Gasteiger partial charge >= 0.3 is 0 Å². The van der Waals surface area contributed by atoms with Gasteiger partial charge in [0.2, 0.25) is 5.88 Å². The lowest BCUT2D eigenvalue weighted by Gasteiger charge is -2.15. The van der Waals surface area contributed by atoms with E-state index < -0.39 is 0 Å². The van der Waals surface area contributed by atoms with Crippen LogP contribution in [-0.2, 0) is 6.54 Å². The van der Waals surface area contributed by atoms with Crippen LogP contribution in [0.5, 0.6) is 5.88 Å². The van der Waals surface area contributed by atoms with Gasteiger partial charge in [0, 0.05) is 31.4 Å². The normalized spacial score (nSPS) is 15.2. The van der Waals surface area contributed by atoms with Crippen LogP contribution in [0.1, 0.15) is 32.4 Å². The first-order chi connectivity index (χ1) is 9.15. The Morgan fingerprint density at radius 1 is 1.42 bits per heavy atom. The second-order valence-corrected chi connectivity index (χ2v) is 5.44. The molecule has 1 heterocycles. The molecule has 1 saturated carbocycles. The van der Waals surface area contributed by atoms with Crippen molar-refractivity contribution in [2.75, 3.05) is 20.2 Å². The fourth-order valence-corrected chi connectivity index (χ4v) is 1.84. The Labute approximate surface area is 115 Å². The van der Waals surface area contributed by atoms with Gasteiger partial charge in [-0.3, -0.25) is 4.98 Å². The molecule has 0 amide bonds. The molecule has 0 radical (unpaired) electrons. The van der Waals surface area contributed by atoms with E-state index in [2.05, 4.69) is 41.1 Å². The first-order valence-electron chi connectivity index (χ1n) is 7.02. The first kappa shape index (κ1) is 14.2. The third-order valence-corrected chi connectivity index (χ3v) is 3.22. The number of ether oxygens (including phenoxy) is 1. The molecular formula is C14H24N4O. The second kappa shape index (κ2) is 6.82. The van der Waals surface area contributed by atoms with Crippen LogP contribution in [0.15, 0.2) is 12.4 Å². The predicted molar refractivity (Wildman–Crippen MR) is 75.2 cm³/mol. The Bertz CT molecular complexity index is 393. The van der Waals surface area contributed by atoms with E-state index >= 15 is 0 Å². The Kier molecular flexibility index (Phi) is 5.10. The fourth-order valence-electron chi connectivity index (χ4n) is 1.84. The van der Waals surface area contributed by atoms with Gasteiger partial charge in [0.15, 0.2) is 0 Å². The van der Waals surface area contributed by atoms with Crippen molar-refractivity contribution in [2.24, 2.45) is 0 Å². The summed E-state index contributed by atoms with van der Waals surface area (Å²) in [5, 5.41) is 3.32. The molecule has 0 bridgehead atoms. The molecule has 2 rings (SSSR count). The van der Waals surface area contributed by atoms with Gasteiger partial charge in [-0.25, -0.2) is 4.98 Å². The van der Waals surface area contributed by atoms with Gasteiger partial charge in [-0.05, 0) is 19.9 Å². The molecule has 5 nitrogen and oxygen atoms in total. The third kappa shape index (κ3) is 5.12. The van der Waals surface area contributed by atoms with Crippen LogP contribution >= 0.6 is 0 Å². The minimum atomic E-state index is 0.443. The summed E-state index contributed by atoms with van der Waals surface area (Å²) in [6.07, 6.45) is 6.11. The smallest absolute Gasteiger partial charge is 0.232 e. The van der Waals surface area contributed by atoms with Crippen LogP contribution in [0.25, 0.3) is 0 Å². The highest BCUT2D eigenvalue weighted by atomic mass is 16.5. The van der Waals surface area contributed by atoms with Crippen molar-refractivity contribution in [3.8, 4) is 5.88 Å². The molecule has 0 spiro atoms. The standard InChI is InChI=1S/C14H24N4O/c1-11(2)16-9-12-8-15-10-14(17-12)19-7-6-18(3)13-4-5-13/h8,10-11,13,16H,4-7,9H2,1-3H3. The fraction of sp³-hybridized carbons (Fsp3) is 0.714. The molecule has 19 heavy (non-hydrogen) atoms. The Balaban J connectivity index is 1.74. The zero-order chi connectivity index (χ0) is 13.7. The monoisotopic (exact) mass is 264 g/mol. The van der Waals surface area contributed by atoms with E-state index in [-0.39, 0.29) is 0 Å². The number of hydrogen-bond donors (Lipinski definition) is 1. The SMILES string of the molecule is CC(C)NCc1cncc(OCCN(C)C2CC2)n1. The van der Waals surface area contributed by atoms with Crippen molar-refractivity contribution in [3.63, 3.8) is 0 Å². The number of rotatable bonds is 8. The maximum atomic E-state index is 5.66. The van der Waals surface area contributed by atoms with Crippen LogP contribution in [0.2, 0.25) is 0 Å². The lowest BCUT2D eigenvalue weighted by atomic mass is 10.3. The zero-order valence-electron chi connectivity index (χ0n) is 12.1. The maximum absolute atomic E-state index is 5.66. The highest BCUT2D eigenvalue weighted by Crippen LogP contribution is 2.24. The van der Waals surface area contributed by atoms with Gasteiger partial charge in [-0.15, -0.1) is 0 Å². The summed E-state index contributed by atoms with van der Waals surface area (Å²) in [7, 11) is 2.15. The van der Waals surface area contributed by atoms with E-state index in [0.29, 0.717) is 18.5 Å². The molecule has 0 atom stereocenters. The topological polar surface area (TPSA) is 50.3 Å². The van der Waals surface area contributed by atoms with Gasteiger partial charge in [-0.1, -0.05) is 13.8 Å². The van der Waals surface area contributed by atoms with Crippen LogP contribution in [0, 0.1) is 0 Å². The highest BCUT2D eigenvalue weighted by molar-refractivity contribution is 5.08. The van der Waals surface area contributed by atoms with Crippen molar-refractivity contribution in [1.82, 2.24) is 20.2 Å². The molecule has 5 heteroatoms. The van der Waals surface area contributed by atoms with Gasteiger partial charge in [-0.2, -0.15) is 0 Å². The minimum absolute atomic E-state index is 0.443. The summed E-state index contributed by atoms with van der Waals surface area (Å²) in [5.41, 5.74) is 0.918. The number of nitrogens with zero attached hydrogens (tertiary/aromatic N) is 3. The van der Waals surface area contributed by atoms with Gasteiger partial charge in [0.05, 0.1) is 11.9 Å². The molecule has 1 aromatic rings. The summed E-state index contributed by atoms with van der Waals surface area (Å²) in [4.78, 5) is 10.9. The molecule has 0 unspecified atom stereocenters. The van der Waals surface area contributed by atoms with E-state index in [1.807, 2.05) is 0 Å². The Morgan fingerprint density at radius 2 is 2.21 bits per heavy atom. The lowest BCUT2D eigenvalue weighted by molar-refractivity contribution is 0.225. The molecule has 0 saturated heterocycles. The van der Waals surface area contributed by atoms with Crippen molar-refractivity contribution in [3.05, 3.63) is 18.1 Å². The van der Waals surface area contributed by atoms with E-state index in [4.69, 9.17) is 4.74 Å². The summed E-state index contributed by atoms with van der Waals surface area (Å²) in [6.45, 7) is 6.57. The third-order valence-electron chi connectivity index (χ3n) is 3.22. The molecular weight excluding hydrogens is 240 g/mol. The Morgan fingerprint density at radius 3 is 2.89 bits per heavy atom. The zero-order valence-corrected chi connectivity index (χ0v) is 12.1. The van der Waals surface area contributed by atoms with E-state index in [1.54, 1.807) is 12.4 Å². The summed E-state index contributed by atoms with van der Waals surface area (Å²) in [5.74, 6) is 0.618. The van der Waals surface area contributed by atoms with Crippen molar-refractivity contribution >= 4 is 0 Å². The number of nitrogens with one attached hydrogen (secondary N) is 1. The Hall–Kier alpha value is -1.20. The largest absolute Gasteiger partial charge is 0.475 e. The van der Waals surface area contributed by atoms with Gasteiger partial charge in [0.1, 0.15) is 6.61 Å². The summed E-state index contributed by atoms with van der Waals surface area (Å²) < 4.78 is 5.66. The molecule has 1 N–H and O–H groups in total. The molecule has 0 aromatic carbocycles.